The number of carbonyl (C=O) groups is 2. The Labute approximate surface area is 152 Å². The quantitative estimate of drug-likeness (QED) is 0.352. The van der Waals surface area contributed by atoms with Crippen LogP contribution in [0.15, 0.2) is 39.7 Å². The molecule has 7 nitrogen and oxygen atoms in total. The highest BCUT2D eigenvalue weighted by Crippen LogP contribution is 2.34. The Hall–Kier alpha value is -3.31. The van der Waals surface area contributed by atoms with Crippen molar-refractivity contribution in [2.24, 2.45) is 0 Å². The maximum absolute atomic E-state index is 12.2. The summed E-state index contributed by atoms with van der Waals surface area (Å²) in [6, 6.07) is 7.83. The lowest BCUT2D eigenvalue weighted by Crippen LogP contribution is -2.28. The molecule has 0 atom stereocenters. The highest BCUT2D eigenvalue weighted by molar-refractivity contribution is 8.18. The van der Waals surface area contributed by atoms with Gasteiger partial charge in [-0.3, -0.25) is 24.6 Å². The number of non-ortho nitro benzene ring substituents is 1. The van der Waals surface area contributed by atoms with E-state index in [0.29, 0.717) is 22.6 Å². The summed E-state index contributed by atoms with van der Waals surface area (Å²) in [6.07, 6.45) is 6.63. The Balaban J connectivity index is 1.87. The van der Waals surface area contributed by atoms with Crippen LogP contribution in [0.25, 0.3) is 17.4 Å². The summed E-state index contributed by atoms with van der Waals surface area (Å²) >= 11 is 0.798. The minimum Gasteiger partial charge on any atom is -0.457 e. The Morgan fingerprint density at radius 2 is 2.12 bits per heavy atom. The molecule has 0 N–H and O–H groups in total. The van der Waals surface area contributed by atoms with Crippen LogP contribution in [0, 0.1) is 29.4 Å². The van der Waals surface area contributed by atoms with Crippen LogP contribution in [-0.4, -0.2) is 27.5 Å². The molecule has 0 saturated carbocycles. The predicted octanol–water partition coefficient (Wildman–Crippen LogP) is 3.83. The van der Waals surface area contributed by atoms with Gasteiger partial charge in [0.15, 0.2) is 0 Å². The summed E-state index contributed by atoms with van der Waals surface area (Å²) in [6.45, 7) is 1.67. The van der Waals surface area contributed by atoms with Crippen molar-refractivity contribution in [3.8, 4) is 23.7 Å². The molecule has 1 aliphatic rings. The van der Waals surface area contributed by atoms with E-state index in [-0.39, 0.29) is 17.1 Å². The first-order valence-corrected chi connectivity index (χ1v) is 8.26. The number of carbonyl (C=O) groups excluding carboxylic acids is 2. The van der Waals surface area contributed by atoms with Crippen molar-refractivity contribution in [3.63, 3.8) is 0 Å². The van der Waals surface area contributed by atoms with Crippen LogP contribution >= 0.6 is 11.8 Å². The van der Waals surface area contributed by atoms with E-state index in [1.54, 1.807) is 25.1 Å². The number of terminal acetylenes is 1. The highest BCUT2D eigenvalue weighted by atomic mass is 32.2. The minimum absolute atomic E-state index is 0.000201. The Morgan fingerprint density at radius 3 is 2.77 bits per heavy atom. The molecule has 1 fully saturated rings. The molecule has 0 radical (unpaired) electrons. The molecule has 2 amide bonds. The summed E-state index contributed by atoms with van der Waals surface area (Å²) in [7, 11) is 0. The Bertz CT molecular complexity index is 999. The van der Waals surface area contributed by atoms with E-state index in [2.05, 4.69) is 5.92 Å². The highest BCUT2D eigenvalue weighted by Gasteiger charge is 2.34. The molecule has 0 aliphatic carbocycles. The van der Waals surface area contributed by atoms with E-state index in [4.69, 9.17) is 10.8 Å². The lowest BCUT2D eigenvalue weighted by molar-refractivity contribution is -0.384. The molecular formula is C18H12N2O5S. The molecule has 0 spiro atoms. The van der Waals surface area contributed by atoms with Crippen LogP contribution < -0.4 is 0 Å². The molecular weight excluding hydrogens is 356 g/mol. The zero-order chi connectivity index (χ0) is 18.8. The average Bonchev–Trinajstić information content (AvgIpc) is 3.15. The number of nitro benzene ring substituents is 1. The first-order valence-electron chi connectivity index (χ1n) is 7.45. The number of thioether (sulfide) groups is 1. The zero-order valence-corrected chi connectivity index (χ0v) is 14.4. The maximum Gasteiger partial charge on any atom is 0.294 e. The number of nitrogens with zero attached hydrogens (tertiary/aromatic N) is 2. The fourth-order valence-corrected chi connectivity index (χ4v) is 3.29. The van der Waals surface area contributed by atoms with Crippen LogP contribution in [0.2, 0.25) is 0 Å². The van der Waals surface area contributed by atoms with Gasteiger partial charge in [0.25, 0.3) is 16.8 Å². The molecule has 1 aromatic heterocycles. The maximum atomic E-state index is 12.2. The van der Waals surface area contributed by atoms with Gasteiger partial charge in [-0.1, -0.05) is 5.92 Å². The largest absolute Gasteiger partial charge is 0.457 e. The van der Waals surface area contributed by atoms with Crippen molar-refractivity contribution >= 4 is 34.7 Å². The lowest BCUT2D eigenvalue weighted by atomic mass is 10.1. The topological polar surface area (TPSA) is 93.7 Å². The van der Waals surface area contributed by atoms with E-state index < -0.39 is 16.1 Å². The van der Waals surface area contributed by atoms with Crippen molar-refractivity contribution in [1.82, 2.24) is 4.90 Å². The van der Waals surface area contributed by atoms with Crippen LogP contribution in [0.3, 0.4) is 0 Å². The molecule has 26 heavy (non-hydrogen) atoms. The number of furan rings is 1. The molecule has 1 aromatic carbocycles. The van der Waals surface area contributed by atoms with E-state index >= 15 is 0 Å². The number of rotatable bonds is 4. The smallest absolute Gasteiger partial charge is 0.294 e. The third-order valence-electron chi connectivity index (χ3n) is 3.71. The van der Waals surface area contributed by atoms with Crippen molar-refractivity contribution in [2.45, 2.75) is 6.92 Å². The van der Waals surface area contributed by atoms with Gasteiger partial charge in [-0.15, -0.1) is 6.42 Å². The SMILES string of the molecule is C#CCN1C(=O)SC(=Cc2ccc(-c3ccc([N+](=O)[O-])cc3C)o2)C1=O. The van der Waals surface area contributed by atoms with Gasteiger partial charge in [0.1, 0.15) is 11.5 Å². The Kier molecular flexibility index (Phi) is 4.65. The van der Waals surface area contributed by atoms with E-state index in [1.165, 1.54) is 18.2 Å². The average molecular weight is 368 g/mol. The van der Waals surface area contributed by atoms with Gasteiger partial charge in [0, 0.05) is 23.8 Å². The molecule has 130 valence electrons. The standard InChI is InChI=1S/C18H12N2O5S/c1-3-8-19-17(21)16(26-18(19)22)10-13-5-7-15(25-13)14-6-4-12(20(23)24)9-11(14)2/h1,4-7,9-10H,8H2,2H3. The van der Waals surface area contributed by atoms with Crippen LogP contribution in [-0.2, 0) is 4.79 Å². The van der Waals surface area contributed by atoms with Crippen molar-refractivity contribution < 1.29 is 18.9 Å². The number of imide groups is 1. The summed E-state index contributed by atoms with van der Waals surface area (Å²) in [5.41, 5.74) is 1.39. The summed E-state index contributed by atoms with van der Waals surface area (Å²) in [5, 5.41) is 10.4. The molecule has 0 bridgehead atoms. The fourth-order valence-electron chi connectivity index (χ4n) is 2.47. The second-order valence-electron chi connectivity index (χ2n) is 5.43. The second-order valence-corrected chi connectivity index (χ2v) is 6.42. The van der Waals surface area contributed by atoms with Crippen molar-refractivity contribution in [1.29, 1.82) is 0 Å². The molecule has 0 unspecified atom stereocenters. The number of benzene rings is 1. The van der Waals surface area contributed by atoms with Gasteiger partial charge >= 0.3 is 0 Å². The number of hydrogen-bond acceptors (Lipinski definition) is 6. The molecule has 2 heterocycles. The number of hydrogen-bond donors (Lipinski definition) is 0. The van der Waals surface area contributed by atoms with Gasteiger partial charge < -0.3 is 4.42 Å². The third-order valence-corrected chi connectivity index (χ3v) is 4.62. The summed E-state index contributed by atoms with van der Waals surface area (Å²) in [5.74, 6) is 2.71. The van der Waals surface area contributed by atoms with Crippen LogP contribution in [0.1, 0.15) is 11.3 Å². The van der Waals surface area contributed by atoms with Crippen molar-refractivity contribution in [3.05, 3.63) is 56.7 Å². The van der Waals surface area contributed by atoms with Gasteiger partial charge in [0.2, 0.25) is 0 Å². The molecule has 3 rings (SSSR count). The first-order chi connectivity index (χ1) is 12.4. The van der Waals surface area contributed by atoms with Gasteiger partial charge in [0.05, 0.1) is 16.4 Å². The van der Waals surface area contributed by atoms with E-state index in [0.717, 1.165) is 16.7 Å². The summed E-state index contributed by atoms with van der Waals surface area (Å²) in [4.78, 5) is 35.5. The molecule has 1 aliphatic heterocycles. The lowest BCUT2D eigenvalue weighted by Gasteiger charge is -2.06. The van der Waals surface area contributed by atoms with Crippen LogP contribution in [0.4, 0.5) is 10.5 Å². The number of amides is 2. The monoisotopic (exact) mass is 368 g/mol. The van der Waals surface area contributed by atoms with Crippen LogP contribution in [0.5, 0.6) is 0 Å². The van der Waals surface area contributed by atoms with Gasteiger partial charge in [-0.05, 0) is 42.4 Å². The predicted molar refractivity (Wildman–Crippen MR) is 97.0 cm³/mol. The minimum atomic E-state index is -0.462. The molecule has 8 heteroatoms. The van der Waals surface area contributed by atoms with Gasteiger partial charge in [-0.2, -0.15) is 0 Å². The normalized spacial score (nSPS) is 15.5. The van der Waals surface area contributed by atoms with E-state index in [9.17, 15) is 19.7 Å². The number of aryl methyl sites for hydroxylation is 1. The molecule has 1 saturated heterocycles. The summed E-state index contributed by atoms with van der Waals surface area (Å²) < 4.78 is 5.71. The van der Waals surface area contributed by atoms with Crippen molar-refractivity contribution in [2.75, 3.05) is 6.54 Å². The first kappa shape index (κ1) is 17.5. The second kappa shape index (κ2) is 6.90. The van der Waals surface area contributed by atoms with Gasteiger partial charge in [-0.25, -0.2) is 0 Å². The number of nitro groups is 1. The third kappa shape index (κ3) is 3.25. The fraction of sp³-hybridized carbons (Fsp3) is 0.111. The molecule has 2 aromatic rings. The zero-order valence-electron chi connectivity index (χ0n) is 13.6. The van der Waals surface area contributed by atoms with E-state index in [1.807, 2.05) is 0 Å². The Morgan fingerprint density at radius 1 is 1.35 bits per heavy atom.